The highest BCUT2D eigenvalue weighted by Gasteiger charge is 2.16. The van der Waals surface area contributed by atoms with Crippen LogP contribution in [-0.4, -0.2) is 26.0 Å². The Morgan fingerprint density at radius 1 is 1.04 bits per heavy atom. The molecule has 9 heteroatoms. The average molecular weight is 401 g/mol. The van der Waals surface area contributed by atoms with Crippen molar-refractivity contribution in [2.45, 2.75) is 13.8 Å². The third-order valence-corrected chi connectivity index (χ3v) is 4.40. The molecular weight excluding hydrogens is 384 g/mol. The molecule has 0 unspecified atom stereocenters. The van der Waals surface area contributed by atoms with Crippen LogP contribution in [0.5, 0.6) is 0 Å². The molecule has 27 heavy (non-hydrogen) atoms. The molecule has 0 saturated heterocycles. The Morgan fingerprint density at radius 2 is 1.78 bits per heavy atom. The van der Waals surface area contributed by atoms with Crippen molar-refractivity contribution in [2.75, 3.05) is 5.32 Å². The first-order chi connectivity index (χ1) is 13.0. The van der Waals surface area contributed by atoms with E-state index >= 15 is 0 Å². The second-order valence-corrected chi connectivity index (χ2v) is 6.52. The summed E-state index contributed by atoms with van der Waals surface area (Å²) in [7, 11) is 0. The van der Waals surface area contributed by atoms with Gasteiger partial charge in [-0.05, 0) is 55.9 Å². The van der Waals surface area contributed by atoms with Gasteiger partial charge in [-0.15, -0.1) is 5.10 Å². The van der Waals surface area contributed by atoms with E-state index in [0.717, 1.165) is 16.9 Å². The summed E-state index contributed by atoms with van der Waals surface area (Å²) in [6, 6.07) is 14.8. The van der Waals surface area contributed by atoms with Crippen molar-refractivity contribution in [3.05, 3.63) is 70.5 Å². The zero-order valence-electron chi connectivity index (χ0n) is 14.7. The third kappa shape index (κ3) is 4.42. The predicted molar refractivity (Wildman–Crippen MR) is 109 cm³/mol. The van der Waals surface area contributed by atoms with E-state index in [1.807, 2.05) is 49.4 Å². The van der Waals surface area contributed by atoms with Crippen LogP contribution in [-0.2, 0) is 0 Å². The van der Waals surface area contributed by atoms with E-state index in [-0.39, 0.29) is 10.8 Å². The quantitative estimate of drug-likeness (QED) is 0.462. The highest BCUT2D eigenvalue weighted by Crippen LogP contribution is 2.22. The second-order valence-electron chi connectivity index (χ2n) is 5.70. The molecule has 2 aromatic carbocycles. The number of hydrogen-bond donors (Lipinski definition) is 3. The van der Waals surface area contributed by atoms with Gasteiger partial charge in [0.25, 0.3) is 5.91 Å². The molecular formula is C18H17ClN6OS. The van der Waals surface area contributed by atoms with Crippen LogP contribution in [0.3, 0.4) is 0 Å². The summed E-state index contributed by atoms with van der Waals surface area (Å²) in [5, 5.41) is 12.3. The lowest BCUT2D eigenvalue weighted by Crippen LogP contribution is -2.44. The first-order valence-electron chi connectivity index (χ1n) is 8.07. The number of nitrogens with one attached hydrogen (secondary N) is 3. The molecule has 0 aliphatic rings. The molecule has 1 heterocycles. The molecule has 0 atom stereocenters. The third-order valence-electron chi connectivity index (χ3n) is 3.79. The number of benzene rings is 2. The number of carbonyl (C=O) groups excluding carboxylic acids is 1. The number of aryl methyl sites for hydroxylation is 1. The number of carbonyl (C=O) groups is 1. The van der Waals surface area contributed by atoms with Gasteiger partial charge in [0.1, 0.15) is 0 Å². The first-order valence-corrected chi connectivity index (χ1v) is 8.86. The Hall–Kier alpha value is -2.97. The average Bonchev–Trinajstić information content (AvgIpc) is 3.06. The Labute approximate surface area is 166 Å². The van der Waals surface area contributed by atoms with Gasteiger partial charge >= 0.3 is 0 Å². The minimum Gasteiger partial charge on any atom is -0.331 e. The minimum atomic E-state index is -0.443. The number of anilines is 1. The van der Waals surface area contributed by atoms with Gasteiger partial charge in [-0.1, -0.05) is 35.9 Å². The number of hydrogen-bond acceptors (Lipinski definition) is 4. The van der Waals surface area contributed by atoms with Crippen molar-refractivity contribution in [1.82, 2.24) is 25.8 Å². The molecule has 0 fully saturated rings. The number of rotatable bonds is 3. The number of aromatic nitrogens is 3. The Balaban J connectivity index is 1.63. The summed E-state index contributed by atoms with van der Waals surface area (Å²) >= 11 is 11.3. The maximum atomic E-state index is 12.4. The van der Waals surface area contributed by atoms with Gasteiger partial charge < -0.3 is 5.32 Å². The number of para-hydroxylation sites is 1. The monoisotopic (exact) mass is 400 g/mol. The molecule has 138 valence electrons. The normalized spacial score (nSPS) is 10.3. The zero-order chi connectivity index (χ0) is 19.4. The molecule has 3 N–H and O–H groups in total. The van der Waals surface area contributed by atoms with Crippen LogP contribution < -0.4 is 16.2 Å². The van der Waals surface area contributed by atoms with Gasteiger partial charge in [0, 0.05) is 10.7 Å². The van der Waals surface area contributed by atoms with E-state index in [0.29, 0.717) is 10.7 Å². The molecule has 1 aromatic heterocycles. The maximum absolute atomic E-state index is 12.4. The lowest BCUT2D eigenvalue weighted by Gasteiger charge is -2.13. The van der Waals surface area contributed by atoms with Gasteiger partial charge in [-0.25, -0.2) is 0 Å². The first kappa shape index (κ1) is 18.8. The summed E-state index contributed by atoms with van der Waals surface area (Å²) in [4.78, 5) is 13.8. The van der Waals surface area contributed by atoms with Crippen LogP contribution in [0.25, 0.3) is 5.69 Å². The zero-order valence-corrected chi connectivity index (χ0v) is 16.2. The lowest BCUT2D eigenvalue weighted by atomic mass is 10.2. The Morgan fingerprint density at radius 3 is 2.52 bits per heavy atom. The molecule has 0 radical (unpaired) electrons. The Bertz CT molecular complexity index is 989. The molecule has 0 spiro atoms. The number of nitrogens with zero attached hydrogens (tertiary/aromatic N) is 3. The van der Waals surface area contributed by atoms with E-state index in [2.05, 4.69) is 26.4 Å². The van der Waals surface area contributed by atoms with Crippen LogP contribution in [0.4, 0.5) is 5.69 Å². The van der Waals surface area contributed by atoms with Crippen molar-refractivity contribution >= 4 is 40.5 Å². The Kier molecular flexibility index (Phi) is 5.68. The van der Waals surface area contributed by atoms with Crippen molar-refractivity contribution in [3.63, 3.8) is 0 Å². The molecule has 0 aliphatic carbocycles. The van der Waals surface area contributed by atoms with Gasteiger partial charge in [-0.3, -0.25) is 15.6 Å². The van der Waals surface area contributed by atoms with Crippen LogP contribution in [0.15, 0.2) is 48.5 Å². The van der Waals surface area contributed by atoms with Crippen LogP contribution >= 0.6 is 23.8 Å². The van der Waals surface area contributed by atoms with Gasteiger partial charge in [0.05, 0.1) is 11.4 Å². The summed E-state index contributed by atoms with van der Waals surface area (Å²) in [6.45, 7) is 3.59. The molecule has 0 bridgehead atoms. The fraction of sp³-hybridized carbons (Fsp3) is 0.111. The lowest BCUT2D eigenvalue weighted by molar-refractivity contribution is 0.0938. The summed E-state index contributed by atoms with van der Waals surface area (Å²) in [6.07, 6.45) is 0. The molecule has 0 saturated carbocycles. The van der Waals surface area contributed by atoms with E-state index in [4.69, 9.17) is 23.8 Å². The van der Waals surface area contributed by atoms with Gasteiger partial charge in [0.15, 0.2) is 10.8 Å². The molecule has 0 aliphatic heterocycles. The molecule has 3 rings (SSSR count). The fourth-order valence-corrected chi connectivity index (χ4v) is 2.67. The SMILES string of the molecule is Cc1nn(-c2ccccc2)nc1C(=O)NNC(=S)Nc1cccc(Cl)c1C. The van der Waals surface area contributed by atoms with Crippen molar-refractivity contribution in [2.24, 2.45) is 0 Å². The molecule has 7 nitrogen and oxygen atoms in total. The largest absolute Gasteiger partial charge is 0.331 e. The summed E-state index contributed by atoms with van der Waals surface area (Å²) < 4.78 is 0. The van der Waals surface area contributed by atoms with E-state index in [1.165, 1.54) is 4.80 Å². The number of amides is 1. The van der Waals surface area contributed by atoms with Gasteiger partial charge in [-0.2, -0.15) is 9.90 Å². The second kappa shape index (κ2) is 8.15. The number of halogens is 1. The predicted octanol–water partition coefficient (Wildman–Crippen LogP) is 3.17. The van der Waals surface area contributed by atoms with Crippen molar-refractivity contribution < 1.29 is 4.79 Å². The molecule has 1 amide bonds. The maximum Gasteiger partial charge on any atom is 0.292 e. The fourth-order valence-electron chi connectivity index (χ4n) is 2.33. The van der Waals surface area contributed by atoms with Crippen LogP contribution in [0.1, 0.15) is 21.7 Å². The van der Waals surface area contributed by atoms with E-state index < -0.39 is 5.91 Å². The van der Waals surface area contributed by atoms with E-state index in [9.17, 15) is 4.79 Å². The van der Waals surface area contributed by atoms with Gasteiger partial charge in [0.2, 0.25) is 0 Å². The topological polar surface area (TPSA) is 83.9 Å². The van der Waals surface area contributed by atoms with Crippen LogP contribution in [0.2, 0.25) is 5.02 Å². The van der Waals surface area contributed by atoms with Crippen LogP contribution in [0, 0.1) is 13.8 Å². The number of hydrazine groups is 1. The number of thiocarbonyl (C=S) groups is 1. The molecule has 3 aromatic rings. The standard InChI is InChI=1S/C18H17ClN6OS/c1-11-14(19)9-6-10-15(11)20-18(27)22-21-17(26)16-12(2)23-25(24-16)13-7-4-3-5-8-13/h3-10H,1-2H3,(H,21,26)(H2,20,22,27). The minimum absolute atomic E-state index is 0.202. The summed E-state index contributed by atoms with van der Waals surface area (Å²) in [5.41, 5.74) is 8.25. The highest BCUT2D eigenvalue weighted by molar-refractivity contribution is 7.80. The smallest absolute Gasteiger partial charge is 0.292 e. The van der Waals surface area contributed by atoms with E-state index in [1.54, 1.807) is 13.0 Å². The van der Waals surface area contributed by atoms with Crippen molar-refractivity contribution in [1.29, 1.82) is 0 Å². The summed E-state index contributed by atoms with van der Waals surface area (Å²) in [5.74, 6) is -0.443. The van der Waals surface area contributed by atoms with Crippen molar-refractivity contribution in [3.8, 4) is 5.69 Å². The highest BCUT2D eigenvalue weighted by atomic mass is 35.5.